The number of rotatable bonds is 4. The average molecular weight is 325 g/mol. The van der Waals surface area contributed by atoms with Gasteiger partial charge >= 0.3 is 5.97 Å². The first-order valence-electron chi connectivity index (χ1n) is 6.37. The van der Waals surface area contributed by atoms with Crippen molar-refractivity contribution in [1.82, 2.24) is 0 Å². The second-order valence-corrected chi connectivity index (χ2v) is 5.56. The number of benzene rings is 1. The molecule has 4 heteroatoms. The van der Waals surface area contributed by atoms with E-state index in [0.29, 0.717) is 13.0 Å². The van der Waals surface area contributed by atoms with E-state index in [4.69, 9.17) is 9.15 Å². The first kappa shape index (κ1) is 14.1. The lowest BCUT2D eigenvalue weighted by molar-refractivity contribution is -0.147. The summed E-state index contributed by atoms with van der Waals surface area (Å²) in [5.74, 6) is 0.486. The van der Waals surface area contributed by atoms with Crippen molar-refractivity contribution in [3.05, 3.63) is 34.0 Å². The average Bonchev–Trinajstić information content (AvgIpc) is 2.67. The number of hydrogen-bond acceptors (Lipinski definition) is 3. The Morgan fingerprint density at radius 2 is 2.21 bits per heavy atom. The van der Waals surface area contributed by atoms with Crippen LogP contribution in [-0.4, -0.2) is 12.6 Å². The zero-order chi connectivity index (χ0) is 14.0. The molecule has 0 aliphatic carbocycles. The van der Waals surface area contributed by atoms with Gasteiger partial charge in [0.05, 0.1) is 12.5 Å². The molecule has 1 unspecified atom stereocenters. The van der Waals surface area contributed by atoms with Crippen LogP contribution in [0.15, 0.2) is 27.1 Å². The number of aryl methyl sites for hydroxylation is 1. The van der Waals surface area contributed by atoms with Gasteiger partial charge in [-0.05, 0) is 37.6 Å². The van der Waals surface area contributed by atoms with Crippen LogP contribution in [0.25, 0.3) is 11.0 Å². The van der Waals surface area contributed by atoms with E-state index in [9.17, 15) is 4.79 Å². The van der Waals surface area contributed by atoms with E-state index in [2.05, 4.69) is 15.9 Å². The van der Waals surface area contributed by atoms with Crippen molar-refractivity contribution in [2.24, 2.45) is 5.92 Å². The molecule has 102 valence electrons. The number of fused-ring (bicyclic) bond motifs is 1. The second-order valence-electron chi connectivity index (χ2n) is 4.65. The van der Waals surface area contributed by atoms with E-state index < -0.39 is 0 Å². The van der Waals surface area contributed by atoms with Crippen molar-refractivity contribution in [3.8, 4) is 0 Å². The van der Waals surface area contributed by atoms with Gasteiger partial charge in [0.2, 0.25) is 0 Å². The van der Waals surface area contributed by atoms with Crippen LogP contribution < -0.4 is 0 Å². The molecule has 0 amide bonds. The Morgan fingerprint density at radius 1 is 1.47 bits per heavy atom. The van der Waals surface area contributed by atoms with E-state index in [1.807, 2.05) is 39.0 Å². The van der Waals surface area contributed by atoms with Crippen molar-refractivity contribution < 1.29 is 13.9 Å². The van der Waals surface area contributed by atoms with E-state index in [0.717, 1.165) is 26.8 Å². The lowest BCUT2D eigenvalue weighted by atomic mass is 10.0. The van der Waals surface area contributed by atoms with Crippen LogP contribution >= 0.6 is 15.9 Å². The number of carbonyl (C=O) groups excluding carboxylic acids is 1. The maximum atomic E-state index is 11.7. The zero-order valence-electron chi connectivity index (χ0n) is 11.3. The summed E-state index contributed by atoms with van der Waals surface area (Å²) in [4.78, 5) is 11.7. The molecule has 0 saturated carbocycles. The van der Waals surface area contributed by atoms with Crippen molar-refractivity contribution >= 4 is 32.9 Å². The van der Waals surface area contributed by atoms with Gasteiger partial charge in [-0.15, -0.1) is 0 Å². The number of hydrogen-bond donors (Lipinski definition) is 0. The molecular weight excluding hydrogens is 308 g/mol. The molecule has 0 bridgehead atoms. The van der Waals surface area contributed by atoms with Crippen LogP contribution in [0.5, 0.6) is 0 Å². The van der Waals surface area contributed by atoms with Crippen molar-refractivity contribution in [2.45, 2.75) is 27.2 Å². The number of ether oxygens (including phenoxy) is 1. The highest BCUT2D eigenvalue weighted by molar-refractivity contribution is 9.10. The summed E-state index contributed by atoms with van der Waals surface area (Å²) in [6, 6.07) is 5.92. The summed E-state index contributed by atoms with van der Waals surface area (Å²) in [6.07, 6.45) is 0.566. The van der Waals surface area contributed by atoms with Gasteiger partial charge in [0.25, 0.3) is 0 Å². The maximum absolute atomic E-state index is 11.7. The van der Waals surface area contributed by atoms with Crippen molar-refractivity contribution in [1.29, 1.82) is 0 Å². The normalized spacial score (nSPS) is 12.6. The first-order valence-corrected chi connectivity index (χ1v) is 7.16. The molecule has 0 spiro atoms. The Morgan fingerprint density at radius 3 is 2.89 bits per heavy atom. The third-order valence-corrected chi connectivity index (χ3v) is 3.67. The van der Waals surface area contributed by atoms with Crippen LogP contribution in [0.4, 0.5) is 0 Å². The molecule has 1 heterocycles. The highest BCUT2D eigenvalue weighted by Crippen LogP contribution is 2.29. The van der Waals surface area contributed by atoms with Gasteiger partial charge in [0, 0.05) is 16.3 Å². The molecule has 1 atom stereocenters. The Kier molecular flexibility index (Phi) is 4.30. The van der Waals surface area contributed by atoms with Gasteiger partial charge in [-0.1, -0.05) is 22.9 Å². The van der Waals surface area contributed by atoms with Crippen molar-refractivity contribution in [2.75, 3.05) is 6.61 Å². The fraction of sp³-hybridized carbons (Fsp3) is 0.400. The summed E-state index contributed by atoms with van der Waals surface area (Å²) in [5.41, 5.74) is 1.94. The summed E-state index contributed by atoms with van der Waals surface area (Å²) in [5, 5.41) is 1.08. The summed E-state index contributed by atoms with van der Waals surface area (Å²) in [6.45, 7) is 6.11. The Hall–Kier alpha value is -1.29. The van der Waals surface area contributed by atoms with Gasteiger partial charge in [-0.25, -0.2) is 0 Å². The highest BCUT2D eigenvalue weighted by atomic mass is 79.9. The maximum Gasteiger partial charge on any atom is 0.309 e. The minimum absolute atomic E-state index is 0.177. The number of carbonyl (C=O) groups is 1. The van der Waals surface area contributed by atoms with Crippen molar-refractivity contribution in [3.63, 3.8) is 0 Å². The molecule has 2 aromatic rings. The molecule has 0 saturated heterocycles. The standard InChI is InChI=1S/C15H17BrO3/c1-4-18-15(17)9(2)7-14-10(3)12-8-11(16)5-6-13(12)19-14/h5-6,8-9H,4,7H2,1-3H3. The fourth-order valence-corrected chi connectivity index (χ4v) is 2.45. The molecule has 2 rings (SSSR count). The number of furan rings is 1. The molecule has 1 aromatic heterocycles. The van der Waals surface area contributed by atoms with Gasteiger partial charge in [-0.3, -0.25) is 4.79 Å². The minimum Gasteiger partial charge on any atom is -0.466 e. The number of esters is 1. The summed E-state index contributed by atoms with van der Waals surface area (Å²) >= 11 is 3.45. The molecule has 3 nitrogen and oxygen atoms in total. The number of halogens is 1. The lowest BCUT2D eigenvalue weighted by Crippen LogP contribution is -2.16. The predicted molar refractivity (Wildman–Crippen MR) is 78.2 cm³/mol. The fourth-order valence-electron chi connectivity index (χ4n) is 2.08. The Balaban J connectivity index is 2.26. The molecule has 1 aromatic carbocycles. The molecule has 0 aliphatic rings. The van der Waals surface area contributed by atoms with E-state index in [1.165, 1.54) is 0 Å². The van der Waals surface area contributed by atoms with Crippen LogP contribution in [-0.2, 0) is 16.0 Å². The quantitative estimate of drug-likeness (QED) is 0.789. The largest absolute Gasteiger partial charge is 0.466 e. The van der Waals surface area contributed by atoms with E-state index >= 15 is 0 Å². The molecule has 0 fully saturated rings. The first-order chi connectivity index (χ1) is 9.02. The molecular formula is C15H17BrO3. The zero-order valence-corrected chi connectivity index (χ0v) is 12.9. The molecule has 0 N–H and O–H groups in total. The Labute approximate surface area is 121 Å². The molecule has 0 radical (unpaired) electrons. The van der Waals surface area contributed by atoms with Gasteiger partial charge < -0.3 is 9.15 Å². The third kappa shape index (κ3) is 3.00. The molecule has 0 aliphatic heterocycles. The lowest BCUT2D eigenvalue weighted by Gasteiger charge is -2.08. The minimum atomic E-state index is -0.192. The van der Waals surface area contributed by atoms with Gasteiger partial charge in [0.15, 0.2) is 0 Å². The second kappa shape index (κ2) is 5.78. The summed E-state index contributed by atoms with van der Waals surface area (Å²) < 4.78 is 11.9. The van der Waals surface area contributed by atoms with Crippen LogP contribution in [0, 0.1) is 12.8 Å². The smallest absolute Gasteiger partial charge is 0.309 e. The van der Waals surface area contributed by atoms with Crippen LogP contribution in [0.1, 0.15) is 25.2 Å². The topological polar surface area (TPSA) is 39.4 Å². The van der Waals surface area contributed by atoms with E-state index in [-0.39, 0.29) is 11.9 Å². The highest BCUT2D eigenvalue weighted by Gasteiger charge is 2.19. The van der Waals surface area contributed by atoms with Crippen LogP contribution in [0.2, 0.25) is 0 Å². The van der Waals surface area contributed by atoms with E-state index in [1.54, 1.807) is 0 Å². The van der Waals surface area contributed by atoms with Gasteiger partial charge in [0.1, 0.15) is 11.3 Å². The Bertz CT molecular complexity index is 601. The predicted octanol–water partition coefficient (Wildman–Crippen LogP) is 4.25. The monoisotopic (exact) mass is 324 g/mol. The SMILES string of the molecule is CCOC(=O)C(C)Cc1oc2ccc(Br)cc2c1C. The third-order valence-electron chi connectivity index (χ3n) is 3.18. The molecule has 19 heavy (non-hydrogen) atoms. The summed E-state index contributed by atoms with van der Waals surface area (Å²) in [7, 11) is 0. The van der Waals surface area contributed by atoms with Gasteiger partial charge in [-0.2, -0.15) is 0 Å². The van der Waals surface area contributed by atoms with Crippen LogP contribution in [0.3, 0.4) is 0 Å².